The third-order valence-corrected chi connectivity index (χ3v) is 2.87. The van der Waals surface area contributed by atoms with Gasteiger partial charge in [0.05, 0.1) is 6.54 Å². The van der Waals surface area contributed by atoms with Crippen molar-refractivity contribution in [1.82, 2.24) is 4.90 Å². The quantitative estimate of drug-likeness (QED) is 0.831. The number of nitrogens with two attached hydrogens (primary N) is 1. The molecule has 0 aromatic heterocycles. The lowest BCUT2D eigenvalue weighted by Gasteiger charge is -2.20. The number of carbonyl (C=O) groups excluding carboxylic acids is 2. The fraction of sp³-hybridized carbons (Fsp3) is 0.429. The number of hydrogen-bond acceptors (Lipinski definition) is 3. The van der Waals surface area contributed by atoms with Crippen LogP contribution in [0.3, 0.4) is 0 Å². The Kier molecular flexibility index (Phi) is 5.51. The number of rotatable bonds is 5. The zero-order valence-electron chi connectivity index (χ0n) is 11.6. The monoisotopic (exact) mass is 263 g/mol. The summed E-state index contributed by atoms with van der Waals surface area (Å²) in [6.07, 6.45) is 0. The second-order valence-electron chi connectivity index (χ2n) is 4.75. The van der Waals surface area contributed by atoms with Crippen LogP contribution in [0, 0.1) is 12.8 Å². The summed E-state index contributed by atoms with van der Waals surface area (Å²) >= 11 is 0. The van der Waals surface area contributed by atoms with Gasteiger partial charge in [-0.05, 0) is 19.1 Å². The zero-order valence-corrected chi connectivity index (χ0v) is 11.6. The van der Waals surface area contributed by atoms with Crippen molar-refractivity contribution in [3.63, 3.8) is 0 Å². The van der Waals surface area contributed by atoms with E-state index >= 15 is 0 Å². The molecule has 1 rings (SSSR count). The van der Waals surface area contributed by atoms with E-state index in [2.05, 4.69) is 5.32 Å². The van der Waals surface area contributed by atoms with E-state index in [1.807, 2.05) is 31.2 Å². The van der Waals surface area contributed by atoms with Crippen molar-refractivity contribution in [1.29, 1.82) is 0 Å². The van der Waals surface area contributed by atoms with E-state index in [4.69, 9.17) is 5.73 Å². The summed E-state index contributed by atoms with van der Waals surface area (Å²) in [4.78, 5) is 24.9. The molecule has 1 atom stereocenters. The Labute approximate surface area is 113 Å². The lowest BCUT2D eigenvalue weighted by Crippen LogP contribution is -2.39. The van der Waals surface area contributed by atoms with E-state index in [1.165, 1.54) is 4.90 Å². The lowest BCUT2D eigenvalue weighted by molar-refractivity contribution is -0.136. The van der Waals surface area contributed by atoms with Gasteiger partial charge in [-0.3, -0.25) is 9.59 Å². The average Bonchev–Trinajstić information content (AvgIpc) is 2.39. The minimum atomic E-state index is -0.267. The Hall–Kier alpha value is -1.88. The molecule has 0 saturated heterocycles. The van der Waals surface area contributed by atoms with Gasteiger partial charge < -0.3 is 16.0 Å². The molecular formula is C14H21N3O2. The molecule has 1 aromatic rings. The van der Waals surface area contributed by atoms with Crippen LogP contribution in [-0.4, -0.2) is 36.9 Å². The first kappa shape index (κ1) is 15.2. The number of likely N-dealkylation sites (N-methyl/N-ethyl adjacent to an activating group) is 1. The highest BCUT2D eigenvalue weighted by atomic mass is 16.2. The van der Waals surface area contributed by atoms with Crippen molar-refractivity contribution in [2.24, 2.45) is 11.7 Å². The molecule has 0 heterocycles. The van der Waals surface area contributed by atoms with Crippen molar-refractivity contribution in [3.8, 4) is 0 Å². The van der Waals surface area contributed by atoms with Crippen LogP contribution in [0.1, 0.15) is 12.5 Å². The van der Waals surface area contributed by atoms with Crippen molar-refractivity contribution in [3.05, 3.63) is 29.8 Å². The second kappa shape index (κ2) is 6.89. The van der Waals surface area contributed by atoms with Crippen LogP contribution < -0.4 is 11.1 Å². The van der Waals surface area contributed by atoms with Crippen LogP contribution in [0.5, 0.6) is 0 Å². The maximum absolute atomic E-state index is 11.8. The summed E-state index contributed by atoms with van der Waals surface area (Å²) in [7, 11) is 1.60. The van der Waals surface area contributed by atoms with Gasteiger partial charge in [0.25, 0.3) is 0 Å². The zero-order chi connectivity index (χ0) is 14.4. The van der Waals surface area contributed by atoms with E-state index in [1.54, 1.807) is 14.0 Å². The summed E-state index contributed by atoms with van der Waals surface area (Å²) in [5.74, 6) is -0.609. The SMILES string of the molecule is Cc1ccc(NC(=O)CN(C)C(=O)C(C)CN)cc1. The Morgan fingerprint density at radius 3 is 2.42 bits per heavy atom. The van der Waals surface area contributed by atoms with Crippen molar-refractivity contribution in [2.45, 2.75) is 13.8 Å². The van der Waals surface area contributed by atoms with Gasteiger partial charge in [0, 0.05) is 25.2 Å². The van der Waals surface area contributed by atoms with E-state index < -0.39 is 0 Å². The molecule has 0 bridgehead atoms. The minimum Gasteiger partial charge on any atom is -0.336 e. The number of benzene rings is 1. The third-order valence-electron chi connectivity index (χ3n) is 2.87. The Bertz CT molecular complexity index is 443. The average molecular weight is 263 g/mol. The molecular weight excluding hydrogens is 242 g/mol. The molecule has 3 N–H and O–H groups in total. The Morgan fingerprint density at radius 2 is 1.89 bits per heavy atom. The molecule has 0 aliphatic carbocycles. The van der Waals surface area contributed by atoms with E-state index in [0.29, 0.717) is 0 Å². The molecule has 2 amide bonds. The molecule has 0 aliphatic rings. The highest BCUT2D eigenvalue weighted by Crippen LogP contribution is 2.08. The molecule has 5 nitrogen and oxygen atoms in total. The van der Waals surface area contributed by atoms with Gasteiger partial charge >= 0.3 is 0 Å². The van der Waals surface area contributed by atoms with Gasteiger partial charge in [-0.1, -0.05) is 24.6 Å². The summed E-state index contributed by atoms with van der Waals surface area (Å²) in [6, 6.07) is 7.50. The first-order valence-electron chi connectivity index (χ1n) is 6.25. The van der Waals surface area contributed by atoms with Gasteiger partial charge in [-0.2, -0.15) is 0 Å². The molecule has 0 saturated carbocycles. The minimum absolute atomic E-state index is 0.0249. The maximum Gasteiger partial charge on any atom is 0.243 e. The van der Waals surface area contributed by atoms with Gasteiger partial charge in [-0.15, -0.1) is 0 Å². The lowest BCUT2D eigenvalue weighted by atomic mass is 10.1. The number of aryl methyl sites for hydroxylation is 1. The summed E-state index contributed by atoms with van der Waals surface area (Å²) in [5.41, 5.74) is 7.28. The van der Waals surface area contributed by atoms with Crippen LogP contribution in [0.15, 0.2) is 24.3 Å². The van der Waals surface area contributed by atoms with Crippen LogP contribution in [0.25, 0.3) is 0 Å². The van der Waals surface area contributed by atoms with Gasteiger partial charge in [0.2, 0.25) is 11.8 Å². The van der Waals surface area contributed by atoms with Crippen molar-refractivity contribution < 1.29 is 9.59 Å². The van der Waals surface area contributed by atoms with E-state index in [-0.39, 0.29) is 30.8 Å². The number of anilines is 1. The number of nitrogens with zero attached hydrogens (tertiary/aromatic N) is 1. The number of hydrogen-bond donors (Lipinski definition) is 2. The van der Waals surface area contributed by atoms with Gasteiger partial charge in [-0.25, -0.2) is 0 Å². The first-order chi connectivity index (χ1) is 8.93. The van der Waals surface area contributed by atoms with Crippen LogP contribution >= 0.6 is 0 Å². The highest BCUT2D eigenvalue weighted by molar-refractivity contribution is 5.94. The van der Waals surface area contributed by atoms with E-state index in [9.17, 15) is 9.59 Å². The van der Waals surface area contributed by atoms with Crippen LogP contribution in [-0.2, 0) is 9.59 Å². The molecule has 1 unspecified atom stereocenters. The summed E-state index contributed by atoms with van der Waals surface area (Å²) in [5, 5.41) is 2.75. The standard InChI is InChI=1S/C14H21N3O2/c1-10-4-6-12(7-5-10)16-13(18)9-17(3)14(19)11(2)8-15/h4-7,11H,8-9,15H2,1-3H3,(H,16,18). The predicted molar refractivity (Wildman–Crippen MR) is 75.7 cm³/mol. The molecule has 0 aliphatic heterocycles. The number of carbonyl (C=O) groups is 2. The molecule has 1 aromatic carbocycles. The molecule has 0 radical (unpaired) electrons. The highest BCUT2D eigenvalue weighted by Gasteiger charge is 2.18. The maximum atomic E-state index is 11.8. The smallest absolute Gasteiger partial charge is 0.243 e. The van der Waals surface area contributed by atoms with Gasteiger partial charge in [0.1, 0.15) is 0 Å². The normalized spacial score (nSPS) is 11.8. The largest absolute Gasteiger partial charge is 0.336 e. The molecule has 5 heteroatoms. The molecule has 0 spiro atoms. The molecule has 104 valence electrons. The fourth-order valence-corrected chi connectivity index (χ4v) is 1.61. The summed E-state index contributed by atoms with van der Waals surface area (Å²) < 4.78 is 0. The molecule has 19 heavy (non-hydrogen) atoms. The number of amides is 2. The summed E-state index contributed by atoms with van der Waals surface area (Å²) in [6.45, 7) is 4.03. The number of nitrogens with one attached hydrogen (secondary N) is 1. The van der Waals surface area contributed by atoms with Crippen molar-refractivity contribution in [2.75, 3.05) is 25.5 Å². The van der Waals surface area contributed by atoms with E-state index in [0.717, 1.165) is 11.3 Å². The Balaban J connectivity index is 2.51. The van der Waals surface area contributed by atoms with Crippen LogP contribution in [0.2, 0.25) is 0 Å². The molecule has 0 fully saturated rings. The first-order valence-corrected chi connectivity index (χ1v) is 6.25. The van der Waals surface area contributed by atoms with Crippen LogP contribution in [0.4, 0.5) is 5.69 Å². The van der Waals surface area contributed by atoms with Gasteiger partial charge in [0.15, 0.2) is 0 Å². The fourth-order valence-electron chi connectivity index (χ4n) is 1.61. The van der Waals surface area contributed by atoms with Crippen molar-refractivity contribution >= 4 is 17.5 Å². The predicted octanol–water partition coefficient (Wildman–Crippen LogP) is 0.987. The third kappa shape index (κ3) is 4.71. The second-order valence-corrected chi connectivity index (χ2v) is 4.75. The topological polar surface area (TPSA) is 75.4 Å². The Morgan fingerprint density at radius 1 is 1.32 bits per heavy atom.